The maximum absolute atomic E-state index is 11.9. The van der Waals surface area contributed by atoms with Crippen molar-refractivity contribution in [3.05, 3.63) is 0 Å². The van der Waals surface area contributed by atoms with Gasteiger partial charge in [-0.25, -0.2) is 0 Å². The molecule has 1 atom stereocenters. The molecule has 1 saturated heterocycles. The van der Waals surface area contributed by atoms with Gasteiger partial charge in [0.1, 0.15) is 6.04 Å². The van der Waals surface area contributed by atoms with E-state index in [9.17, 15) is 9.59 Å². The van der Waals surface area contributed by atoms with E-state index in [1.54, 1.807) is 0 Å². The summed E-state index contributed by atoms with van der Waals surface area (Å²) < 4.78 is 0. The molecule has 1 N–H and O–H groups in total. The normalized spacial score (nSPS) is 28.1. The third kappa shape index (κ3) is 2.06. The van der Waals surface area contributed by atoms with Gasteiger partial charge in [-0.3, -0.25) is 9.59 Å². The van der Waals surface area contributed by atoms with Crippen molar-refractivity contribution >= 4 is 11.8 Å². The van der Waals surface area contributed by atoms with Gasteiger partial charge in [0.15, 0.2) is 0 Å². The van der Waals surface area contributed by atoms with Crippen LogP contribution in [0.1, 0.15) is 45.4 Å². The average Bonchev–Trinajstić information content (AvgIpc) is 2.33. The fourth-order valence-electron chi connectivity index (χ4n) is 2.87. The summed E-state index contributed by atoms with van der Waals surface area (Å²) in [6.45, 7) is 2.16. The van der Waals surface area contributed by atoms with Gasteiger partial charge in [-0.15, -0.1) is 0 Å². The van der Waals surface area contributed by atoms with Crippen molar-refractivity contribution < 1.29 is 9.59 Å². The highest BCUT2D eigenvalue weighted by molar-refractivity contribution is 5.94. The van der Waals surface area contributed by atoms with Crippen LogP contribution in [0.3, 0.4) is 0 Å². The molecule has 0 spiro atoms. The monoisotopic (exact) mass is 224 g/mol. The highest BCUT2D eigenvalue weighted by atomic mass is 16.2. The van der Waals surface area contributed by atoms with Crippen molar-refractivity contribution in [1.29, 1.82) is 0 Å². The second-order valence-electron chi connectivity index (χ2n) is 4.73. The Morgan fingerprint density at radius 2 is 1.94 bits per heavy atom. The van der Waals surface area contributed by atoms with Crippen molar-refractivity contribution in [3.8, 4) is 0 Å². The first kappa shape index (κ1) is 11.4. The standard InChI is InChI=1S/C12H20N2O2/c1-2-10-12(16)13-8-11(15)14(10)9-6-4-3-5-7-9/h9-10H,2-8H2,1H3,(H,13,16). The van der Waals surface area contributed by atoms with E-state index in [-0.39, 0.29) is 24.4 Å². The molecular formula is C12H20N2O2. The smallest absolute Gasteiger partial charge is 0.243 e. The van der Waals surface area contributed by atoms with Crippen molar-refractivity contribution in [2.75, 3.05) is 6.54 Å². The van der Waals surface area contributed by atoms with E-state index in [1.165, 1.54) is 19.3 Å². The summed E-state index contributed by atoms with van der Waals surface area (Å²) in [5, 5.41) is 2.67. The first-order valence-corrected chi connectivity index (χ1v) is 6.33. The van der Waals surface area contributed by atoms with Gasteiger partial charge in [0.2, 0.25) is 11.8 Å². The summed E-state index contributed by atoms with van der Waals surface area (Å²) in [5.74, 6) is 0.117. The Morgan fingerprint density at radius 3 is 2.56 bits per heavy atom. The zero-order valence-electron chi connectivity index (χ0n) is 9.87. The van der Waals surface area contributed by atoms with Crippen LogP contribution in [-0.4, -0.2) is 35.3 Å². The van der Waals surface area contributed by atoms with Gasteiger partial charge in [0.05, 0.1) is 6.54 Å². The number of hydrogen-bond acceptors (Lipinski definition) is 2. The molecule has 2 fully saturated rings. The highest BCUT2D eigenvalue weighted by Gasteiger charge is 2.37. The number of nitrogens with zero attached hydrogens (tertiary/aromatic N) is 1. The molecule has 1 aliphatic heterocycles. The molecule has 4 heteroatoms. The number of amides is 2. The van der Waals surface area contributed by atoms with Crippen LogP contribution in [0.2, 0.25) is 0 Å². The Kier molecular flexibility index (Phi) is 3.46. The summed E-state index contributed by atoms with van der Waals surface area (Å²) in [6, 6.07) is 0.0709. The minimum atomic E-state index is -0.232. The van der Waals surface area contributed by atoms with Crippen LogP contribution >= 0.6 is 0 Å². The minimum absolute atomic E-state index is 0.0210. The number of hydrogen-bond donors (Lipinski definition) is 1. The highest BCUT2D eigenvalue weighted by Crippen LogP contribution is 2.26. The topological polar surface area (TPSA) is 49.4 Å². The first-order valence-electron chi connectivity index (χ1n) is 6.33. The Balaban J connectivity index is 2.13. The largest absolute Gasteiger partial charge is 0.345 e. The van der Waals surface area contributed by atoms with Crippen LogP contribution in [0, 0.1) is 0 Å². The molecule has 16 heavy (non-hydrogen) atoms. The maximum atomic E-state index is 11.9. The molecule has 0 aromatic heterocycles. The molecule has 90 valence electrons. The van der Waals surface area contributed by atoms with Crippen LogP contribution in [-0.2, 0) is 9.59 Å². The Bertz CT molecular complexity index is 285. The van der Waals surface area contributed by atoms with E-state index in [0.717, 1.165) is 12.8 Å². The van der Waals surface area contributed by atoms with E-state index in [0.29, 0.717) is 12.5 Å². The quantitative estimate of drug-likeness (QED) is 0.762. The molecule has 2 rings (SSSR count). The predicted octanol–water partition coefficient (Wildman–Crippen LogP) is 1.06. The Labute approximate surface area is 96.4 Å². The van der Waals surface area contributed by atoms with Crippen molar-refractivity contribution in [1.82, 2.24) is 10.2 Å². The van der Waals surface area contributed by atoms with Crippen LogP contribution < -0.4 is 5.32 Å². The summed E-state index contributed by atoms with van der Waals surface area (Å²) >= 11 is 0. The second kappa shape index (κ2) is 4.85. The Morgan fingerprint density at radius 1 is 1.25 bits per heavy atom. The van der Waals surface area contributed by atoms with Crippen molar-refractivity contribution in [3.63, 3.8) is 0 Å². The third-order valence-corrected chi connectivity index (χ3v) is 3.70. The molecular weight excluding hydrogens is 204 g/mol. The number of carbonyl (C=O) groups excluding carboxylic acids is 2. The van der Waals surface area contributed by atoms with Gasteiger partial charge in [0, 0.05) is 6.04 Å². The van der Waals surface area contributed by atoms with E-state index in [4.69, 9.17) is 0 Å². The fraction of sp³-hybridized carbons (Fsp3) is 0.833. The van der Waals surface area contributed by atoms with Gasteiger partial charge in [-0.1, -0.05) is 26.2 Å². The van der Waals surface area contributed by atoms with E-state index < -0.39 is 0 Å². The van der Waals surface area contributed by atoms with E-state index in [2.05, 4.69) is 5.32 Å². The fourth-order valence-corrected chi connectivity index (χ4v) is 2.87. The minimum Gasteiger partial charge on any atom is -0.345 e. The lowest BCUT2D eigenvalue weighted by molar-refractivity contribution is -0.149. The number of piperazine rings is 1. The van der Waals surface area contributed by atoms with Gasteiger partial charge < -0.3 is 10.2 Å². The lowest BCUT2D eigenvalue weighted by Gasteiger charge is -2.41. The van der Waals surface area contributed by atoms with E-state index >= 15 is 0 Å². The third-order valence-electron chi connectivity index (χ3n) is 3.70. The molecule has 1 unspecified atom stereocenters. The van der Waals surface area contributed by atoms with Crippen molar-refractivity contribution in [2.24, 2.45) is 0 Å². The van der Waals surface area contributed by atoms with Gasteiger partial charge >= 0.3 is 0 Å². The molecule has 0 aromatic carbocycles. The first-order chi connectivity index (χ1) is 7.74. The summed E-state index contributed by atoms with van der Waals surface area (Å²) in [4.78, 5) is 25.5. The number of carbonyl (C=O) groups is 2. The zero-order valence-corrected chi connectivity index (χ0v) is 9.87. The SMILES string of the molecule is CCC1C(=O)NCC(=O)N1C1CCCCC1. The van der Waals surface area contributed by atoms with Crippen LogP contribution in [0.25, 0.3) is 0 Å². The summed E-state index contributed by atoms with van der Waals surface area (Å²) in [6.07, 6.45) is 6.49. The predicted molar refractivity (Wildman–Crippen MR) is 60.8 cm³/mol. The van der Waals surface area contributed by atoms with E-state index in [1.807, 2.05) is 11.8 Å². The second-order valence-corrected chi connectivity index (χ2v) is 4.73. The van der Waals surface area contributed by atoms with Gasteiger partial charge in [-0.05, 0) is 19.3 Å². The van der Waals surface area contributed by atoms with Crippen LogP contribution in [0.5, 0.6) is 0 Å². The van der Waals surface area contributed by atoms with Crippen molar-refractivity contribution in [2.45, 2.75) is 57.5 Å². The maximum Gasteiger partial charge on any atom is 0.243 e. The zero-order chi connectivity index (χ0) is 11.5. The number of nitrogens with one attached hydrogen (secondary N) is 1. The molecule has 1 saturated carbocycles. The molecule has 0 radical (unpaired) electrons. The molecule has 2 aliphatic rings. The van der Waals surface area contributed by atoms with Gasteiger partial charge in [0.25, 0.3) is 0 Å². The summed E-state index contributed by atoms with van der Waals surface area (Å²) in [7, 11) is 0. The molecule has 0 bridgehead atoms. The molecule has 1 aliphatic carbocycles. The van der Waals surface area contributed by atoms with Crippen LogP contribution in [0.15, 0.2) is 0 Å². The molecule has 0 aromatic rings. The average molecular weight is 224 g/mol. The molecule has 4 nitrogen and oxygen atoms in total. The lowest BCUT2D eigenvalue weighted by atomic mass is 9.92. The lowest BCUT2D eigenvalue weighted by Crippen LogP contribution is -2.61. The molecule has 2 amide bonds. The Hall–Kier alpha value is -1.06. The summed E-state index contributed by atoms with van der Waals surface area (Å²) in [5.41, 5.74) is 0. The number of rotatable bonds is 2. The van der Waals surface area contributed by atoms with Crippen LogP contribution in [0.4, 0.5) is 0 Å². The molecule has 1 heterocycles. The van der Waals surface area contributed by atoms with Gasteiger partial charge in [-0.2, -0.15) is 0 Å².